The van der Waals surface area contributed by atoms with Gasteiger partial charge in [0, 0.05) is 0 Å². The monoisotopic (exact) mass is 578 g/mol. The van der Waals surface area contributed by atoms with Crippen LogP contribution in [0.15, 0.2) is 24.3 Å². The van der Waals surface area contributed by atoms with Gasteiger partial charge in [-0.25, -0.2) is 0 Å². The first-order valence-corrected chi connectivity index (χ1v) is 17.9. The smallest absolute Gasteiger partial charge is 0.592 e. The molecule has 0 radical (unpaired) electrons. The average molecular weight is 579 g/mol. The molecule has 0 aliphatic heterocycles. The van der Waals surface area contributed by atoms with E-state index in [0.29, 0.717) is 11.8 Å². The van der Waals surface area contributed by atoms with Crippen LogP contribution in [-0.2, 0) is 21.7 Å². The van der Waals surface area contributed by atoms with Crippen LogP contribution in [0.25, 0.3) is 0 Å². The van der Waals surface area contributed by atoms with Gasteiger partial charge in [-0.1, -0.05) is 157 Å². The summed E-state index contributed by atoms with van der Waals surface area (Å²) in [5.74, 6) is 3.04. The van der Waals surface area contributed by atoms with Crippen LogP contribution in [0.5, 0.6) is 11.5 Å². The average Bonchev–Trinajstić information content (AvgIpc) is 2.74. The zero-order valence-electron chi connectivity index (χ0n) is 30.1. The standard InChI is InChI=1S/C19H31O.C15H24O.C4H9.Al/c1-13(2)12-20-17-15(18(4,5)6)10-14(3)11-16(17)19(7,8)9;1-10-8-11(14(2,3)4)13(16)12(9-10)15(5,6)7;1-4(2)3;/h10-13H,1-9H3;8-9,16H,1-7H3;4H,1H2,2-3H3;/q;;;+1/p-1. The van der Waals surface area contributed by atoms with Gasteiger partial charge in [-0.15, -0.1) is 0 Å². The van der Waals surface area contributed by atoms with Crippen LogP contribution in [0.1, 0.15) is 144 Å². The molecule has 0 spiro atoms. The summed E-state index contributed by atoms with van der Waals surface area (Å²) in [6.45, 7) is 41.5. The SMILES string of the molecule is Cc1cc(C(C)(C)C)c(O[CH](C(C)C)[Al]([CH2]C(C)C)[O]c2c(C(C)(C)C)cc(C)cc2C(C)(C)C)c(C(C)(C)C)c1. The van der Waals surface area contributed by atoms with Gasteiger partial charge in [-0.05, 0) is 63.7 Å². The second kappa shape index (κ2) is 12.7. The Kier molecular flexibility index (Phi) is 11.0. The number of benzene rings is 2. The number of rotatable bonds is 8. The Morgan fingerprint density at radius 1 is 0.561 bits per heavy atom. The van der Waals surface area contributed by atoms with E-state index in [0.717, 1.165) is 16.8 Å². The molecular formula is C38H63AlO2. The van der Waals surface area contributed by atoms with E-state index in [1.165, 1.54) is 33.4 Å². The summed E-state index contributed by atoms with van der Waals surface area (Å²) in [5, 5.41) is 1.06. The highest BCUT2D eigenvalue weighted by atomic mass is 27.2. The van der Waals surface area contributed by atoms with Crippen molar-refractivity contribution >= 4 is 14.5 Å². The summed E-state index contributed by atoms with van der Waals surface area (Å²) in [6, 6.07) is 9.40. The van der Waals surface area contributed by atoms with Crippen molar-refractivity contribution in [1.29, 1.82) is 0 Å². The van der Waals surface area contributed by atoms with Gasteiger partial charge in [0.2, 0.25) is 0 Å². The predicted molar refractivity (Wildman–Crippen MR) is 182 cm³/mol. The third kappa shape index (κ3) is 9.28. The first kappa shape index (κ1) is 35.8. The molecule has 0 aliphatic rings. The van der Waals surface area contributed by atoms with E-state index in [1.54, 1.807) is 0 Å². The Morgan fingerprint density at radius 2 is 0.878 bits per heavy atom. The highest BCUT2D eigenvalue weighted by Gasteiger charge is 2.43. The molecule has 1 unspecified atom stereocenters. The molecule has 0 fully saturated rings. The minimum Gasteiger partial charge on any atom is -0.641 e. The van der Waals surface area contributed by atoms with Crippen LogP contribution in [0, 0.1) is 25.7 Å². The Bertz CT molecular complexity index is 1110. The van der Waals surface area contributed by atoms with Crippen molar-refractivity contribution in [1.82, 2.24) is 0 Å². The molecule has 2 rings (SSSR count). The van der Waals surface area contributed by atoms with Crippen LogP contribution in [0.4, 0.5) is 0 Å². The topological polar surface area (TPSA) is 18.5 Å². The summed E-state index contributed by atoms with van der Waals surface area (Å²) in [6.07, 6.45) is 0. The van der Waals surface area contributed by atoms with Gasteiger partial charge < -0.3 is 8.53 Å². The van der Waals surface area contributed by atoms with Gasteiger partial charge in [0.1, 0.15) is 5.75 Å². The summed E-state index contributed by atoms with van der Waals surface area (Å²) in [5.41, 5.74) is 7.70. The largest absolute Gasteiger partial charge is 0.641 e. The molecule has 0 aliphatic carbocycles. The number of ether oxygens (including phenoxy) is 1. The maximum absolute atomic E-state index is 7.48. The maximum Gasteiger partial charge on any atom is 0.592 e. The van der Waals surface area contributed by atoms with Crippen molar-refractivity contribution in [2.24, 2.45) is 11.8 Å². The molecule has 0 saturated carbocycles. The van der Waals surface area contributed by atoms with Gasteiger partial charge in [-0.2, -0.15) is 0 Å². The third-order valence-corrected chi connectivity index (χ3v) is 11.5. The number of hydrogen-bond donors (Lipinski definition) is 0. The molecule has 1 atom stereocenters. The lowest BCUT2D eigenvalue weighted by molar-refractivity contribution is 0.195. The molecular weight excluding hydrogens is 515 g/mol. The zero-order chi connectivity index (χ0) is 31.9. The summed E-state index contributed by atoms with van der Waals surface area (Å²) >= 11 is -1.96. The molecule has 41 heavy (non-hydrogen) atoms. The number of aryl methyl sites for hydroxylation is 2. The lowest BCUT2D eigenvalue weighted by Gasteiger charge is -2.37. The third-order valence-electron chi connectivity index (χ3n) is 7.95. The molecule has 0 saturated heterocycles. The highest BCUT2D eigenvalue weighted by molar-refractivity contribution is 6.54. The van der Waals surface area contributed by atoms with Crippen molar-refractivity contribution < 1.29 is 8.53 Å². The van der Waals surface area contributed by atoms with Crippen LogP contribution in [-0.4, -0.2) is 19.4 Å². The maximum atomic E-state index is 7.48. The van der Waals surface area contributed by atoms with E-state index in [9.17, 15) is 0 Å². The van der Waals surface area contributed by atoms with Gasteiger partial charge in [0.05, 0.1) is 10.7 Å². The van der Waals surface area contributed by atoms with Gasteiger partial charge in [0.25, 0.3) is 0 Å². The summed E-state index contributed by atoms with van der Waals surface area (Å²) in [4.78, 5) is 0.0317. The van der Waals surface area contributed by atoms with Crippen LogP contribution in [0.2, 0.25) is 5.28 Å². The second-order valence-corrected chi connectivity index (χ2v) is 19.9. The van der Waals surface area contributed by atoms with Crippen LogP contribution >= 0.6 is 0 Å². The second-order valence-electron chi connectivity index (χ2n) is 17.5. The normalized spacial score (nSPS) is 14.0. The van der Waals surface area contributed by atoms with Crippen molar-refractivity contribution in [3.05, 3.63) is 57.6 Å². The number of hydrogen-bond acceptors (Lipinski definition) is 2. The fraction of sp³-hybridized carbons (Fsp3) is 0.684. The van der Waals surface area contributed by atoms with Crippen molar-refractivity contribution in [2.75, 3.05) is 0 Å². The van der Waals surface area contributed by atoms with E-state index in [2.05, 4.69) is 149 Å². The Labute approximate surface area is 259 Å². The van der Waals surface area contributed by atoms with Crippen molar-refractivity contribution in [3.8, 4) is 11.5 Å². The Hall–Kier alpha value is -1.43. The van der Waals surface area contributed by atoms with E-state index in [-0.39, 0.29) is 26.6 Å². The molecule has 0 N–H and O–H groups in total. The molecule has 3 heteroatoms. The Morgan fingerprint density at radius 3 is 1.15 bits per heavy atom. The molecule has 0 amide bonds. The van der Waals surface area contributed by atoms with E-state index in [4.69, 9.17) is 8.53 Å². The fourth-order valence-electron chi connectivity index (χ4n) is 5.67. The zero-order valence-corrected chi connectivity index (χ0v) is 31.3. The fourth-order valence-corrected chi connectivity index (χ4v) is 8.80. The minimum atomic E-state index is -1.96. The quantitative estimate of drug-likeness (QED) is 0.290. The molecule has 0 bridgehead atoms. The van der Waals surface area contributed by atoms with Crippen molar-refractivity contribution in [3.63, 3.8) is 0 Å². The highest BCUT2D eigenvalue weighted by Crippen LogP contribution is 2.44. The van der Waals surface area contributed by atoms with E-state index < -0.39 is 14.5 Å². The first-order chi connectivity index (χ1) is 18.3. The molecule has 0 heterocycles. The molecule has 2 nitrogen and oxygen atoms in total. The summed E-state index contributed by atoms with van der Waals surface area (Å²) < 4.78 is 14.9. The molecule has 0 aromatic heterocycles. The molecule has 2 aromatic rings. The molecule has 230 valence electrons. The lowest BCUT2D eigenvalue weighted by atomic mass is 9.78. The predicted octanol–water partition coefficient (Wildman–Crippen LogP) is 11.2. The Balaban J connectivity index is 2.85. The lowest BCUT2D eigenvalue weighted by Crippen LogP contribution is -2.46. The van der Waals surface area contributed by atoms with Crippen LogP contribution in [0.3, 0.4) is 0 Å². The van der Waals surface area contributed by atoms with Gasteiger partial charge >= 0.3 is 14.5 Å². The van der Waals surface area contributed by atoms with E-state index >= 15 is 0 Å². The van der Waals surface area contributed by atoms with Gasteiger partial charge in [0.15, 0.2) is 0 Å². The minimum absolute atomic E-state index is 0.0257. The van der Waals surface area contributed by atoms with Crippen LogP contribution < -0.4 is 8.53 Å². The summed E-state index contributed by atoms with van der Waals surface area (Å²) in [7, 11) is 0. The first-order valence-electron chi connectivity index (χ1n) is 16.0. The van der Waals surface area contributed by atoms with Gasteiger partial charge in [-0.3, -0.25) is 0 Å². The van der Waals surface area contributed by atoms with Crippen molar-refractivity contribution in [2.45, 2.75) is 157 Å². The molecule has 2 aromatic carbocycles. The van der Waals surface area contributed by atoms with E-state index in [1.807, 2.05) is 0 Å².